The molecule has 0 unspecified atom stereocenters. The first-order valence-corrected chi connectivity index (χ1v) is 9.03. The Bertz CT molecular complexity index is 681. The van der Waals surface area contributed by atoms with E-state index in [1.807, 2.05) is 6.92 Å². The lowest BCUT2D eigenvalue weighted by atomic mass is 9.84. The highest BCUT2D eigenvalue weighted by Gasteiger charge is 2.74. The fraction of sp³-hybridized carbons (Fsp3) is 0.625. The molecular formula is C16H20O4S. The van der Waals surface area contributed by atoms with Crippen LogP contribution < -0.4 is 0 Å². The maximum atomic E-state index is 12.6. The summed E-state index contributed by atoms with van der Waals surface area (Å²) in [6.07, 6.45) is 3.97. The molecule has 0 heterocycles. The highest BCUT2D eigenvalue weighted by Crippen LogP contribution is 2.68. The second-order valence-electron chi connectivity index (χ2n) is 6.87. The van der Waals surface area contributed by atoms with Crippen molar-refractivity contribution >= 4 is 10.1 Å². The third-order valence-electron chi connectivity index (χ3n) is 5.94. The standard InChI is InChI=1S/C16H20O4S/c1-11-2-4-14(5-3-11)21(18,19)20-16-9-7-12-10-13(16)6-8-15(12,16)17/h2-5,12-13,17H,6-10H2,1H3/t12-,13+,15+,16+/m0/s1. The van der Waals surface area contributed by atoms with Crippen molar-refractivity contribution in [2.75, 3.05) is 0 Å². The van der Waals surface area contributed by atoms with Crippen LogP contribution in [0.15, 0.2) is 29.2 Å². The van der Waals surface area contributed by atoms with Crippen molar-refractivity contribution in [3.05, 3.63) is 29.8 Å². The van der Waals surface area contributed by atoms with Crippen molar-refractivity contribution in [2.45, 2.75) is 55.1 Å². The van der Waals surface area contributed by atoms with E-state index in [-0.39, 0.29) is 16.7 Å². The van der Waals surface area contributed by atoms with E-state index < -0.39 is 21.3 Å². The molecule has 1 aromatic rings. The first kappa shape index (κ1) is 13.7. The fourth-order valence-corrected chi connectivity index (χ4v) is 6.21. The van der Waals surface area contributed by atoms with E-state index in [9.17, 15) is 13.5 Å². The summed E-state index contributed by atoms with van der Waals surface area (Å²) >= 11 is 0. The van der Waals surface area contributed by atoms with Gasteiger partial charge >= 0.3 is 0 Å². The normalized spacial score (nSPS) is 40.9. The molecular weight excluding hydrogens is 288 g/mol. The lowest BCUT2D eigenvalue weighted by Crippen LogP contribution is -2.49. The van der Waals surface area contributed by atoms with E-state index >= 15 is 0 Å². The molecule has 4 rings (SSSR count). The Labute approximate surface area is 125 Å². The van der Waals surface area contributed by atoms with Crippen molar-refractivity contribution in [3.63, 3.8) is 0 Å². The van der Waals surface area contributed by atoms with E-state index in [4.69, 9.17) is 4.18 Å². The van der Waals surface area contributed by atoms with Gasteiger partial charge in [-0.1, -0.05) is 17.7 Å². The van der Waals surface area contributed by atoms with Crippen molar-refractivity contribution in [1.82, 2.24) is 0 Å². The van der Waals surface area contributed by atoms with Crippen LogP contribution in [-0.2, 0) is 14.3 Å². The fourth-order valence-electron chi connectivity index (χ4n) is 4.89. The van der Waals surface area contributed by atoms with Gasteiger partial charge in [0, 0.05) is 0 Å². The van der Waals surface area contributed by atoms with Gasteiger partial charge in [-0.2, -0.15) is 8.42 Å². The summed E-state index contributed by atoms with van der Waals surface area (Å²) in [5.74, 6) is 0.394. The van der Waals surface area contributed by atoms with Gasteiger partial charge < -0.3 is 5.11 Å². The smallest absolute Gasteiger partial charge is 0.297 e. The Morgan fingerprint density at radius 1 is 1.14 bits per heavy atom. The highest BCUT2D eigenvalue weighted by molar-refractivity contribution is 7.86. The van der Waals surface area contributed by atoms with Crippen LogP contribution in [0.4, 0.5) is 0 Å². The summed E-state index contributed by atoms with van der Waals surface area (Å²) in [5.41, 5.74) is -0.802. The van der Waals surface area contributed by atoms with Crippen LogP contribution in [0, 0.1) is 18.8 Å². The minimum Gasteiger partial charge on any atom is -0.387 e. The topological polar surface area (TPSA) is 63.6 Å². The highest BCUT2D eigenvalue weighted by atomic mass is 32.2. The molecule has 0 saturated heterocycles. The monoisotopic (exact) mass is 308 g/mol. The van der Waals surface area contributed by atoms with E-state index in [0.717, 1.165) is 24.8 Å². The summed E-state index contributed by atoms with van der Waals surface area (Å²) in [7, 11) is -3.83. The number of benzene rings is 1. The summed E-state index contributed by atoms with van der Waals surface area (Å²) < 4.78 is 30.9. The van der Waals surface area contributed by atoms with E-state index in [1.54, 1.807) is 24.3 Å². The zero-order valence-corrected chi connectivity index (χ0v) is 12.9. The summed E-state index contributed by atoms with van der Waals surface area (Å²) in [6.45, 7) is 1.91. The number of hydrogen-bond acceptors (Lipinski definition) is 4. The third-order valence-corrected chi connectivity index (χ3v) is 7.31. The van der Waals surface area contributed by atoms with Gasteiger partial charge in [-0.05, 0) is 63.0 Å². The first-order chi connectivity index (χ1) is 9.87. The molecule has 3 aliphatic carbocycles. The minimum atomic E-state index is -3.83. The van der Waals surface area contributed by atoms with Crippen molar-refractivity contribution in [1.29, 1.82) is 0 Å². The molecule has 1 aromatic carbocycles. The van der Waals surface area contributed by atoms with Crippen molar-refractivity contribution in [3.8, 4) is 0 Å². The Morgan fingerprint density at radius 3 is 2.43 bits per heavy atom. The van der Waals surface area contributed by atoms with Gasteiger partial charge in [0.2, 0.25) is 0 Å². The Kier molecular flexibility index (Phi) is 2.67. The second kappa shape index (κ2) is 4.09. The average molecular weight is 308 g/mol. The molecule has 5 heteroatoms. The lowest BCUT2D eigenvalue weighted by molar-refractivity contribution is -0.0922. The van der Waals surface area contributed by atoms with E-state index in [1.165, 1.54) is 0 Å². The third kappa shape index (κ3) is 1.65. The lowest BCUT2D eigenvalue weighted by Gasteiger charge is -2.35. The molecule has 1 N–H and O–H groups in total. The predicted octanol–water partition coefficient (Wildman–Crippen LogP) is 2.39. The van der Waals surface area contributed by atoms with Crippen LogP contribution in [-0.4, -0.2) is 24.7 Å². The van der Waals surface area contributed by atoms with Gasteiger partial charge in [0.25, 0.3) is 10.1 Å². The van der Waals surface area contributed by atoms with Crippen LogP contribution in [0.1, 0.15) is 37.7 Å². The van der Waals surface area contributed by atoms with Gasteiger partial charge in [-0.15, -0.1) is 0 Å². The molecule has 4 bridgehead atoms. The molecule has 0 spiro atoms. The quantitative estimate of drug-likeness (QED) is 0.871. The summed E-state index contributed by atoms with van der Waals surface area (Å²) in [6, 6.07) is 6.69. The Hall–Kier alpha value is -0.910. The van der Waals surface area contributed by atoms with Gasteiger partial charge in [-0.25, -0.2) is 0 Å². The Balaban J connectivity index is 1.71. The van der Waals surface area contributed by atoms with E-state index in [2.05, 4.69) is 0 Å². The summed E-state index contributed by atoms with van der Waals surface area (Å²) in [4.78, 5) is 0.181. The van der Waals surface area contributed by atoms with Gasteiger partial charge in [0.15, 0.2) is 0 Å². The largest absolute Gasteiger partial charge is 0.387 e. The Morgan fingerprint density at radius 2 is 1.81 bits per heavy atom. The second-order valence-corrected chi connectivity index (χ2v) is 8.42. The van der Waals surface area contributed by atoms with Crippen molar-refractivity contribution in [2.24, 2.45) is 11.8 Å². The molecule has 3 saturated carbocycles. The maximum Gasteiger partial charge on any atom is 0.297 e. The molecule has 0 aliphatic heterocycles. The van der Waals surface area contributed by atoms with Crippen LogP contribution >= 0.6 is 0 Å². The van der Waals surface area contributed by atoms with Crippen LogP contribution in [0.25, 0.3) is 0 Å². The average Bonchev–Trinajstić information content (AvgIpc) is 2.94. The molecule has 0 radical (unpaired) electrons. The van der Waals surface area contributed by atoms with Crippen LogP contribution in [0.5, 0.6) is 0 Å². The first-order valence-electron chi connectivity index (χ1n) is 7.62. The minimum absolute atomic E-state index is 0.181. The number of hydrogen-bond donors (Lipinski definition) is 1. The maximum absolute atomic E-state index is 12.6. The molecule has 0 aromatic heterocycles. The molecule has 4 nitrogen and oxygen atoms in total. The zero-order valence-electron chi connectivity index (χ0n) is 12.1. The number of rotatable bonds is 3. The van der Waals surface area contributed by atoms with Crippen LogP contribution in [0.2, 0.25) is 0 Å². The molecule has 4 atom stereocenters. The van der Waals surface area contributed by atoms with Crippen LogP contribution in [0.3, 0.4) is 0 Å². The number of aliphatic hydroxyl groups is 1. The molecule has 0 amide bonds. The molecule has 3 aliphatic rings. The zero-order chi connectivity index (χ0) is 14.9. The van der Waals surface area contributed by atoms with Gasteiger partial charge in [0.05, 0.1) is 10.5 Å². The molecule has 114 valence electrons. The summed E-state index contributed by atoms with van der Waals surface area (Å²) in [5, 5.41) is 11.0. The van der Waals surface area contributed by atoms with Crippen molar-refractivity contribution < 1.29 is 17.7 Å². The van der Waals surface area contributed by atoms with Gasteiger partial charge in [0.1, 0.15) is 5.60 Å². The van der Waals surface area contributed by atoms with E-state index in [0.29, 0.717) is 12.8 Å². The molecule has 3 fully saturated rings. The van der Waals surface area contributed by atoms with Gasteiger partial charge in [-0.3, -0.25) is 4.18 Å². The SMILES string of the molecule is Cc1ccc(S(=O)(=O)O[C@]23CC[C@H]4C[C@H]2CC[C@@]43O)cc1. The molecule has 21 heavy (non-hydrogen) atoms. The predicted molar refractivity (Wildman–Crippen MR) is 77.2 cm³/mol. The number of aryl methyl sites for hydroxylation is 1.